The number of nitrogens with two attached hydrogens (primary N) is 1. The van der Waals surface area contributed by atoms with Crippen LogP contribution in [0.25, 0.3) is 10.9 Å². The molecule has 1 heterocycles. The van der Waals surface area contributed by atoms with Crippen molar-refractivity contribution in [3.8, 4) is 5.75 Å². The molecule has 5 nitrogen and oxygen atoms in total. The molecule has 0 unspecified atom stereocenters. The van der Waals surface area contributed by atoms with E-state index in [2.05, 4.69) is 0 Å². The molecule has 3 aromatic rings. The third-order valence-electron chi connectivity index (χ3n) is 3.48. The van der Waals surface area contributed by atoms with E-state index in [0.717, 1.165) is 16.5 Å². The first kappa shape index (κ1) is 14.2. The maximum atomic E-state index is 12.2. The number of hydrogen-bond acceptors (Lipinski definition) is 4. The van der Waals surface area contributed by atoms with Crippen LogP contribution in [0.4, 0.5) is 0 Å². The molecule has 5 heteroatoms. The maximum absolute atomic E-state index is 12.2. The Morgan fingerprint density at radius 2 is 1.86 bits per heavy atom. The van der Waals surface area contributed by atoms with Crippen LogP contribution in [-0.4, -0.2) is 22.4 Å². The molecule has 0 aliphatic carbocycles. The smallest absolute Gasteiger partial charge is 0.367 e. The van der Waals surface area contributed by atoms with Crippen LogP contribution < -0.4 is 10.6 Å². The fourth-order valence-electron chi connectivity index (χ4n) is 2.43. The highest BCUT2D eigenvalue weighted by Crippen LogP contribution is 2.22. The van der Waals surface area contributed by atoms with E-state index >= 15 is 0 Å². The summed E-state index contributed by atoms with van der Waals surface area (Å²) < 4.78 is 1.43. The second kappa shape index (κ2) is 5.91. The molecular weight excluding hydrogens is 280 g/mol. The van der Waals surface area contributed by atoms with Gasteiger partial charge in [0.25, 0.3) is 0 Å². The Bertz CT molecular complexity index is 824. The zero-order chi connectivity index (χ0) is 15.5. The first-order valence-electron chi connectivity index (χ1n) is 7.00. The lowest BCUT2D eigenvalue weighted by atomic mass is 10.1. The molecule has 0 saturated carbocycles. The Morgan fingerprint density at radius 3 is 2.64 bits per heavy atom. The quantitative estimate of drug-likeness (QED) is 0.773. The Labute approximate surface area is 127 Å². The van der Waals surface area contributed by atoms with Crippen LogP contribution in [0.3, 0.4) is 0 Å². The van der Waals surface area contributed by atoms with Crippen molar-refractivity contribution in [3.63, 3.8) is 0 Å². The molecule has 0 aliphatic heterocycles. The Morgan fingerprint density at radius 1 is 1.14 bits per heavy atom. The van der Waals surface area contributed by atoms with E-state index < -0.39 is 5.97 Å². The number of benzene rings is 2. The highest BCUT2D eigenvalue weighted by molar-refractivity contribution is 5.93. The van der Waals surface area contributed by atoms with Gasteiger partial charge in [-0.3, -0.25) is 0 Å². The highest BCUT2D eigenvalue weighted by atomic mass is 16.7. The summed E-state index contributed by atoms with van der Waals surface area (Å²) in [5.74, 6) is -0.718. The maximum Gasteiger partial charge on any atom is 0.367 e. The number of para-hydroxylation sites is 2. The Balaban J connectivity index is 1.97. The fourth-order valence-corrected chi connectivity index (χ4v) is 2.43. The zero-order valence-corrected chi connectivity index (χ0v) is 11.9. The number of fused-ring (bicyclic) bond motifs is 1. The van der Waals surface area contributed by atoms with Gasteiger partial charge in [-0.2, -0.15) is 4.73 Å². The van der Waals surface area contributed by atoms with Crippen molar-refractivity contribution in [2.45, 2.75) is 6.42 Å². The summed E-state index contributed by atoms with van der Waals surface area (Å²) in [4.78, 5) is 17.6. The Hall–Kier alpha value is -2.79. The van der Waals surface area contributed by atoms with Gasteiger partial charge in [-0.25, -0.2) is 4.79 Å². The molecule has 0 amide bonds. The number of phenolic OH excluding ortho intramolecular Hbond substituents is 1. The summed E-state index contributed by atoms with van der Waals surface area (Å²) in [7, 11) is 0. The number of carbonyl (C=O) groups excluding carboxylic acids is 1. The van der Waals surface area contributed by atoms with Crippen LogP contribution in [0, 0.1) is 0 Å². The van der Waals surface area contributed by atoms with Gasteiger partial charge >= 0.3 is 5.97 Å². The molecule has 3 rings (SSSR count). The van der Waals surface area contributed by atoms with E-state index in [-0.39, 0.29) is 11.3 Å². The van der Waals surface area contributed by atoms with Crippen LogP contribution in [0.5, 0.6) is 5.75 Å². The average Bonchev–Trinajstić information content (AvgIpc) is 2.86. The van der Waals surface area contributed by atoms with Gasteiger partial charge in [0, 0.05) is 11.6 Å². The van der Waals surface area contributed by atoms with E-state index in [1.54, 1.807) is 18.3 Å². The van der Waals surface area contributed by atoms with Gasteiger partial charge in [-0.1, -0.05) is 30.3 Å². The SMILES string of the molecule is NCCc1cn(OC(=O)c2ccccc2O)c2ccccc12. The minimum absolute atomic E-state index is 0.105. The molecule has 112 valence electrons. The van der Waals surface area contributed by atoms with Crippen molar-refractivity contribution < 1.29 is 14.7 Å². The van der Waals surface area contributed by atoms with Crippen LogP contribution in [0.2, 0.25) is 0 Å². The molecular formula is C17H16N2O3. The first-order chi connectivity index (χ1) is 10.7. The van der Waals surface area contributed by atoms with E-state index in [4.69, 9.17) is 10.6 Å². The molecule has 3 N–H and O–H groups in total. The molecule has 0 saturated heterocycles. The van der Waals surface area contributed by atoms with Crippen molar-refractivity contribution in [2.75, 3.05) is 6.54 Å². The summed E-state index contributed by atoms with van der Waals surface area (Å²) in [6.45, 7) is 0.515. The fraction of sp³-hybridized carbons (Fsp3) is 0.118. The zero-order valence-electron chi connectivity index (χ0n) is 11.9. The molecule has 1 aromatic heterocycles. The number of carbonyl (C=O) groups is 1. The molecule has 0 atom stereocenters. The highest BCUT2D eigenvalue weighted by Gasteiger charge is 2.15. The van der Waals surface area contributed by atoms with Gasteiger partial charge in [0.1, 0.15) is 11.3 Å². The molecule has 2 aromatic carbocycles. The van der Waals surface area contributed by atoms with E-state index in [1.165, 1.54) is 16.9 Å². The number of aromatic nitrogens is 1. The third kappa shape index (κ3) is 2.54. The number of nitrogens with zero attached hydrogens (tertiary/aromatic N) is 1. The van der Waals surface area contributed by atoms with Crippen LogP contribution in [-0.2, 0) is 6.42 Å². The number of hydrogen-bond donors (Lipinski definition) is 2. The van der Waals surface area contributed by atoms with Crippen LogP contribution in [0.1, 0.15) is 15.9 Å². The van der Waals surface area contributed by atoms with E-state index in [0.29, 0.717) is 13.0 Å². The van der Waals surface area contributed by atoms with Gasteiger partial charge in [0.05, 0.1) is 5.52 Å². The van der Waals surface area contributed by atoms with Crippen molar-refractivity contribution in [2.24, 2.45) is 5.73 Å². The van der Waals surface area contributed by atoms with Gasteiger partial charge in [-0.15, -0.1) is 0 Å². The first-order valence-corrected chi connectivity index (χ1v) is 7.00. The average molecular weight is 296 g/mol. The predicted octanol–water partition coefficient (Wildman–Crippen LogP) is 2.12. The molecule has 0 radical (unpaired) electrons. The van der Waals surface area contributed by atoms with Crippen molar-refractivity contribution in [1.82, 2.24) is 4.73 Å². The molecule has 0 bridgehead atoms. The normalized spacial score (nSPS) is 10.8. The molecule has 0 spiro atoms. The lowest BCUT2D eigenvalue weighted by Crippen LogP contribution is -2.19. The van der Waals surface area contributed by atoms with E-state index in [9.17, 15) is 9.90 Å². The van der Waals surface area contributed by atoms with Gasteiger partial charge in [0.2, 0.25) is 0 Å². The molecule has 0 fully saturated rings. The second-order valence-electron chi connectivity index (χ2n) is 4.93. The van der Waals surface area contributed by atoms with Crippen LogP contribution >= 0.6 is 0 Å². The van der Waals surface area contributed by atoms with Gasteiger partial charge in [0.15, 0.2) is 0 Å². The summed E-state index contributed by atoms with van der Waals surface area (Å²) >= 11 is 0. The van der Waals surface area contributed by atoms with Crippen molar-refractivity contribution in [1.29, 1.82) is 0 Å². The number of aromatic hydroxyl groups is 1. The summed E-state index contributed by atoms with van der Waals surface area (Å²) in [5, 5.41) is 10.7. The predicted molar refractivity (Wildman–Crippen MR) is 83.7 cm³/mol. The third-order valence-corrected chi connectivity index (χ3v) is 3.48. The Kier molecular flexibility index (Phi) is 3.80. The summed E-state index contributed by atoms with van der Waals surface area (Å²) in [6, 6.07) is 13.9. The monoisotopic (exact) mass is 296 g/mol. The topological polar surface area (TPSA) is 77.5 Å². The van der Waals surface area contributed by atoms with Crippen LogP contribution in [0.15, 0.2) is 54.7 Å². The minimum Gasteiger partial charge on any atom is -0.507 e. The van der Waals surface area contributed by atoms with Crippen molar-refractivity contribution >= 4 is 16.9 Å². The standard InChI is InChI=1S/C17H16N2O3/c18-10-9-12-11-19(15-7-3-1-5-13(12)15)22-17(21)14-6-2-4-8-16(14)20/h1-8,11,20H,9-10,18H2. The molecule has 0 aliphatic rings. The number of phenols is 1. The van der Waals surface area contributed by atoms with Crippen molar-refractivity contribution in [3.05, 3.63) is 65.9 Å². The van der Waals surface area contributed by atoms with Gasteiger partial charge in [-0.05, 0) is 36.7 Å². The number of rotatable bonds is 4. The molecule has 22 heavy (non-hydrogen) atoms. The van der Waals surface area contributed by atoms with Gasteiger partial charge < -0.3 is 15.7 Å². The largest absolute Gasteiger partial charge is 0.507 e. The second-order valence-corrected chi connectivity index (χ2v) is 4.93. The summed E-state index contributed by atoms with van der Waals surface area (Å²) in [5.41, 5.74) is 7.55. The van der Waals surface area contributed by atoms with E-state index in [1.807, 2.05) is 24.3 Å². The summed E-state index contributed by atoms with van der Waals surface area (Å²) in [6.07, 6.45) is 2.46. The lowest BCUT2D eigenvalue weighted by molar-refractivity contribution is 0.0479. The lowest BCUT2D eigenvalue weighted by Gasteiger charge is -2.07. The minimum atomic E-state index is -0.613.